The SMILES string of the molecule is O=C(C=Cc1ccc(-n2cncn2)cc1)c1cccnc1. The van der Waals surface area contributed by atoms with Crippen molar-refractivity contribution in [2.75, 3.05) is 0 Å². The summed E-state index contributed by atoms with van der Waals surface area (Å²) < 4.78 is 1.67. The molecular weight excluding hydrogens is 264 g/mol. The molecule has 0 aliphatic carbocycles. The standard InChI is InChI=1S/C16H12N4O/c21-16(14-2-1-9-17-10-14)8-5-13-3-6-15(7-4-13)20-12-18-11-19-20/h1-12H. The van der Waals surface area contributed by atoms with Crippen LogP contribution in [0.3, 0.4) is 0 Å². The third-order valence-corrected chi connectivity index (χ3v) is 2.95. The van der Waals surface area contributed by atoms with Crippen molar-refractivity contribution in [3.63, 3.8) is 0 Å². The first kappa shape index (κ1) is 12.9. The molecule has 0 radical (unpaired) electrons. The highest BCUT2D eigenvalue weighted by atomic mass is 16.1. The summed E-state index contributed by atoms with van der Waals surface area (Å²) in [4.78, 5) is 19.8. The first-order valence-electron chi connectivity index (χ1n) is 6.40. The first-order valence-corrected chi connectivity index (χ1v) is 6.40. The van der Waals surface area contributed by atoms with Crippen molar-refractivity contribution in [1.29, 1.82) is 0 Å². The topological polar surface area (TPSA) is 60.7 Å². The van der Waals surface area contributed by atoms with E-state index in [0.29, 0.717) is 5.56 Å². The van der Waals surface area contributed by atoms with Gasteiger partial charge in [0.15, 0.2) is 5.78 Å². The third kappa shape index (κ3) is 3.09. The molecule has 0 N–H and O–H groups in total. The molecule has 3 aromatic rings. The second-order valence-corrected chi connectivity index (χ2v) is 4.37. The van der Waals surface area contributed by atoms with Gasteiger partial charge in [0.25, 0.3) is 0 Å². The van der Waals surface area contributed by atoms with Gasteiger partial charge in [0.2, 0.25) is 0 Å². The highest BCUT2D eigenvalue weighted by Crippen LogP contribution is 2.10. The van der Waals surface area contributed by atoms with E-state index in [0.717, 1.165) is 11.3 Å². The van der Waals surface area contributed by atoms with E-state index in [1.54, 1.807) is 47.7 Å². The lowest BCUT2D eigenvalue weighted by Gasteiger charge is -2.00. The Morgan fingerprint density at radius 3 is 2.62 bits per heavy atom. The Morgan fingerprint density at radius 2 is 1.95 bits per heavy atom. The maximum Gasteiger partial charge on any atom is 0.187 e. The minimum absolute atomic E-state index is 0.0662. The number of hydrogen-bond acceptors (Lipinski definition) is 4. The van der Waals surface area contributed by atoms with E-state index in [1.807, 2.05) is 24.3 Å². The number of allylic oxidation sites excluding steroid dienone is 1. The number of rotatable bonds is 4. The molecule has 0 spiro atoms. The number of nitrogens with zero attached hydrogens (tertiary/aromatic N) is 4. The summed E-state index contributed by atoms with van der Waals surface area (Å²) in [6, 6.07) is 11.2. The highest BCUT2D eigenvalue weighted by molar-refractivity contribution is 6.06. The van der Waals surface area contributed by atoms with E-state index in [4.69, 9.17) is 0 Å². The molecule has 2 aromatic heterocycles. The third-order valence-electron chi connectivity index (χ3n) is 2.95. The molecule has 0 saturated heterocycles. The van der Waals surface area contributed by atoms with E-state index in [1.165, 1.54) is 6.33 Å². The smallest absolute Gasteiger partial charge is 0.187 e. The van der Waals surface area contributed by atoms with Crippen LogP contribution in [0.1, 0.15) is 15.9 Å². The number of aromatic nitrogens is 4. The van der Waals surface area contributed by atoms with Crippen LogP contribution in [0, 0.1) is 0 Å². The van der Waals surface area contributed by atoms with Crippen molar-refractivity contribution < 1.29 is 4.79 Å². The van der Waals surface area contributed by atoms with Crippen LogP contribution >= 0.6 is 0 Å². The maximum atomic E-state index is 11.9. The van der Waals surface area contributed by atoms with Crippen LogP contribution < -0.4 is 0 Å². The molecule has 0 unspecified atom stereocenters. The molecule has 3 rings (SSSR count). The summed E-state index contributed by atoms with van der Waals surface area (Å²) in [6.07, 6.45) is 9.64. The van der Waals surface area contributed by atoms with Gasteiger partial charge in [-0.1, -0.05) is 18.2 Å². The predicted molar refractivity (Wildman–Crippen MR) is 79.0 cm³/mol. The van der Waals surface area contributed by atoms with Crippen molar-refractivity contribution in [2.45, 2.75) is 0 Å². The Hall–Kier alpha value is -3.08. The van der Waals surface area contributed by atoms with Crippen LogP contribution in [0.5, 0.6) is 0 Å². The summed E-state index contributed by atoms with van der Waals surface area (Å²) in [5.74, 6) is -0.0662. The molecule has 0 fully saturated rings. The van der Waals surface area contributed by atoms with E-state index in [9.17, 15) is 4.79 Å². The molecule has 0 aliphatic heterocycles. The van der Waals surface area contributed by atoms with Crippen molar-refractivity contribution in [3.8, 4) is 5.69 Å². The fourth-order valence-electron chi connectivity index (χ4n) is 1.86. The molecule has 0 aliphatic rings. The van der Waals surface area contributed by atoms with Crippen LogP contribution in [0.2, 0.25) is 0 Å². The molecule has 2 heterocycles. The normalized spacial score (nSPS) is 10.9. The fraction of sp³-hybridized carbons (Fsp3) is 0. The number of carbonyl (C=O) groups is 1. The molecule has 0 bridgehead atoms. The van der Waals surface area contributed by atoms with Gasteiger partial charge in [-0.25, -0.2) is 9.67 Å². The lowest BCUT2D eigenvalue weighted by Crippen LogP contribution is -1.95. The molecule has 0 amide bonds. The van der Waals surface area contributed by atoms with E-state index >= 15 is 0 Å². The first-order chi connectivity index (χ1) is 10.3. The van der Waals surface area contributed by atoms with Crippen LogP contribution in [-0.2, 0) is 0 Å². The van der Waals surface area contributed by atoms with Gasteiger partial charge in [-0.05, 0) is 35.9 Å². The summed E-state index contributed by atoms with van der Waals surface area (Å²) in [5, 5.41) is 4.06. The zero-order chi connectivity index (χ0) is 14.5. The van der Waals surface area contributed by atoms with E-state index in [2.05, 4.69) is 15.1 Å². The van der Waals surface area contributed by atoms with Gasteiger partial charge in [0, 0.05) is 18.0 Å². The average Bonchev–Trinajstić information content (AvgIpc) is 3.08. The Labute approximate surface area is 121 Å². The van der Waals surface area contributed by atoms with Gasteiger partial charge in [0.05, 0.1) is 5.69 Å². The molecule has 21 heavy (non-hydrogen) atoms. The van der Waals surface area contributed by atoms with Crippen LogP contribution in [0.25, 0.3) is 11.8 Å². The Balaban J connectivity index is 1.73. The molecule has 5 nitrogen and oxygen atoms in total. The van der Waals surface area contributed by atoms with Gasteiger partial charge < -0.3 is 0 Å². The van der Waals surface area contributed by atoms with E-state index in [-0.39, 0.29) is 5.78 Å². The molecule has 5 heteroatoms. The average molecular weight is 276 g/mol. The number of carbonyl (C=O) groups excluding carboxylic acids is 1. The summed E-state index contributed by atoms with van der Waals surface area (Å²) in [7, 11) is 0. The number of benzene rings is 1. The minimum Gasteiger partial charge on any atom is -0.289 e. The fourth-order valence-corrected chi connectivity index (χ4v) is 1.86. The second kappa shape index (κ2) is 5.92. The molecular formula is C16H12N4O. The lowest BCUT2D eigenvalue weighted by molar-refractivity contribution is 0.104. The quantitative estimate of drug-likeness (QED) is 0.542. The number of hydrogen-bond donors (Lipinski definition) is 0. The van der Waals surface area contributed by atoms with Crippen LogP contribution in [-0.4, -0.2) is 25.5 Å². The number of ketones is 1. The largest absolute Gasteiger partial charge is 0.289 e. The molecule has 102 valence electrons. The van der Waals surface area contributed by atoms with Crippen molar-refractivity contribution in [2.24, 2.45) is 0 Å². The summed E-state index contributed by atoms with van der Waals surface area (Å²) >= 11 is 0. The van der Waals surface area contributed by atoms with Gasteiger partial charge >= 0.3 is 0 Å². The Kier molecular flexibility index (Phi) is 3.64. The summed E-state index contributed by atoms with van der Waals surface area (Å²) in [5.41, 5.74) is 2.44. The Bertz CT molecular complexity index is 747. The van der Waals surface area contributed by atoms with Crippen LogP contribution in [0.4, 0.5) is 0 Å². The lowest BCUT2D eigenvalue weighted by atomic mass is 10.1. The molecule has 0 atom stereocenters. The highest BCUT2D eigenvalue weighted by Gasteiger charge is 2.00. The zero-order valence-electron chi connectivity index (χ0n) is 11.1. The van der Waals surface area contributed by atoms with E-state index < -0.39 is 0 Å². The monoisotopic (exact) mass is 276 g/mol. The van der Waals surface area contributed by atoms with Gasteiger partial charge in [-0.15, -0.1) is 0 Å². The Morgan fingerprint density at radius 1 is 1.10 bits per heavy atom. The van der Waals surface area contributed by atoms with Crippen molar-refractivity contribution >= 4 is 11.9 Å². The zero-order valence-corrected chi connectivity index (χ0v) is 11.1. The van der Waals surface area contributed by atoms with Crippen molar-refractivity contribution in [1.82, 2.24) is 19.7 Å². The van der Waals surface area contributed by atoms with Gasteiger partial charge in [-0.3, -0.25) is 9.78 Å². The minimum atomic E-state index is -0.0662. The molecule has 0 saturated carbocycles. The van der Waals surface area contributed by atoms with Gasteiger partial charge in [0.1, 0.15) is 12.7 Å². The maximum absolute atomic E-state index is 11.9. The predicted octanol–water partition coefficient (Wildman–Crippen LogP) is 2.56. The second-order valence-electron chi connectivity index (χ2n) is 4.37. The van der Waals surface area contributed by atoms with Gasteiger partial charge in [-0.2, -0.15) is 5.10 Å². The van der Waals surface area contributed by atoms with Crippen LogP contribution in [0.15, 0.2) is 67.5 Å². The molecule has 1 aromatic carbocycles. The number of pyridine rings is 1. The van der Waals surface area contributed by atoms with Crippen molar-refractivity contribution in [3.05, 3.63) is 78.6 Å². The summed E-state index contributed by atoms with van der Waals surface area (Å²) in [6.45, 7) is 0.